The lowest BCUT2D eigenvalue weighted by molar-refractivity contribution is -0.127. The summed E-state index contributed by atoms with van der Waals surface area (Å²) in [7, 11) is -2.19. The average molecular weight is 589 g/mol. The van der Waals surface area contributed by atoms with Crippen molar-refractivity contribution >= 4 is 21.7 Å². The number of nitrogens with zero attached hydrogens (tertiary/aromatic N) is 1. The second-order valence-electron chi connectivity index (χ2n) is 10.6. The fourth-order valence-corrected chi connectivity index (χ4v) is 6.57. The van der Waals surface area contributed by atoms with Crippen LogP contribution in [0.3, 0.4) is 0 Å². The Kier molecular flexibility index (Phi) is 8.65. The highest BCUT2D eigenvalue weighted by atomic mass is 32.2. The Morgan fingerprint density at radius 1 is 0.952 bits per heavy atom. The van der Waals surface area contributed by atoms with Crippen LogP contribution in [0.5, 0.6) is 5.75 Å². The Morgan fingerprint density at radius 2 is 1.67 bits per heavy atom. The number of sulfonamides is 1. The minimum absolute atomic E-state index is 0.0146. The quantitative estimate of drug-likeness (QED) is 0.212. The molecule has 0 spiro atoms. The standard InChI is InChI=1S/C32H36N4O5S/c1-22-23(2)41-35-30(22)36-42(38,39)29-14-8-7-13-27(29)26-16-15-25(19-28(26)40-21-24-11-5-4-6-12-24)20-34-31(37)32(33-3)17-9-10-18-32/h4-8,11-16,19,33H,9-10,17-18,20-21H2,1-3H3,(H,34,37)(H,35,36). The number of aromatic nitrogens is 1. The van der Waals surface area contributed by atoms with Crippen LogP contribution in [0.15, 0.2) is 82.2 Å². The summed E-state index contributed by atoms with van der Waals surface area (Å²) in [5.74, 6) is 1.18. The average Bonchev–Trinajstić information content (AvgIpc) is 3.62. The van der Waals surface area contributed by atoms with E-state index in [1.807, 2.05) is 55.6 Å². The second kappa shape index (κ2) is 12.4. The second-order valence-corrected chi connectivity index (χ2v) is 12.3. The number of carbonyl (C=O) groups excluding carboxylic acids is 1. The van der Waals surface area contributed by atoms with Gasteiger partial charge in [-0.1, -0.05) is 78.7 Å². The molecular formula is C32H36N4O5S. The highest BCUT2D eigenvalue weighted by Crippen LogP contribution is 2.37. The van der Waals surface area contributed by atoms with Crippen molar-refractivity contribution < 1.29 is 22.5 Å². The van der Waals surface area contributed by atoms with Gasteiger partial charge in [0.05, 0.1) is 10.4 Å². The first-order valence-electron chi connectivity index (χ1n) is 14.0. The number of hydrogen-bond donors (Lipinski definition) is 3. The highest BCUT2D eigenvalue weighted by Gasteiger charge is 2.39. The van der Waals surface area contributed by atoms with Crippen LogP contribution >= 0.6 is 0 Å². The molecule has 1 saturated carbocycles. The molecule has 0 atom stereocenters. The highest BCUT2D eigenvalue weighted by molar-refractivity contribution is 7.92. The summed E-state index contributed by atoms with van der Waals surface area (Å²) >= 11 is 0. The van der Waals surface area contributed by atoms with Crippen LogP contribution in [0, 0.1) is 13.8 Å². The summed E-state index contributed by atoms with van der Waals surface area (Å²) < 4.78 is 41.2. The third-order valence-electron chi connectivity index (χ3n) is 7.96. The van der Waals surface area contributed by atoms with E-state index in [-0.39, 0.29) is 23.2 Å². The van der Waals surface area contributed by atoms with E-state index < -0.39 is 15.6 Å². The third kappa shape index (κ3) is 6.19. The summed E-state index contributed by atoms with van der Waals surface area (Å²) in [4.78, 5) is 13.2. The monoisotopic (exact) mass is 588 g/mol. The molecule has 1 heterocycles. The molecule has 0 bridgehead atoms. The Hall–Kier alpha value is -4.15. The Balaban J connectivity index is 1.47. The van der Waals surface area contributed by atoms with E-state index in [1.54, 1.807) is 38.1 Å². The molecule has 0 radical (unpaired) electrons. The summed E-state index contributed by atoms with van der Waals surface area (Å²) in [5.41, 5.74) is 2.98. The van der Waals surface area contributed by atoms with E-state index in [1.165, 1.54) is 0 Å². The van der Waals surface area contributed by atoms with Gasteiger partial charge in [0.2, 0.25) is 5.91 Å². The van der Waals surface area contributed by atoms with Gasteiger partial charge < -0.3 is 19.9 Å². The first kappa shape index (κ1) is 29.3. The molecule has 0 saturated heterocycles. The van der Waals surface area contributed by atoms with Gasteiger partial charge in [-0.15, -0.1) is 0 Å². The zero-order valence-corrected chi connectivity index (χ0v) is 24.9. The van der Waals surface area contributed by atoms with E-state index in [0.29, 0.717) is 34.7 Å². The lowest BCUT2D eigenvalue weighted by Crippen LogP contribution is -2.53. The summed E-state index contributed by atoms with van der Waals surface area (Å²) in [6.07, 6.45) is 3.67. The van der Waals surface area contributed by atoms with Crippen LogP contribution in [0.25, 0.3) is 11.1 Å². The smallest absolute Gasteiger partial charge is 0.263 e. The lowest BCUT2D eigenvalue weighted by atomic mass is 9.96. The van der Waals surface area contributed by atoms with E-state index >= 15 is 0 Å². The number of amides is 1. The molecule has 1 amide bonds. The molecule has 1 fully saturated rings. The van der Waals surface area contributed by atoms with Gasteiger partial charge in [-0.05, 0) is 57.0 Å². The zero-order valence-electron chi connectivity index (χ0n) is 24.1. The zero-order chi connectivity index (χ0) is 29.7. The van der Waals surface area contributed by atoms with E-state index in [9.17, 15) is 13.2 Å². The van der Waals surface area contributed by atoms with Crippen LogP contribution in [0.2, 0.25) is 0 Å². The molecule has 0 unspecified atom stereocenters. The maximum Gasteiger partial charge on any atom is 0.263 e. The molecule has 10 heteroatoms. The Labute approximate surface area is 246 Å². The van der Waals surface area contributed by atoms with E-state index in [4.69, 9.17) is 9.26 Å². The maximum atomic E-state index is 13.6. The molecular weight excluding hydrogens is 552 g/mol. The summed E-state index contributed by atoms with van der Waals surface area (Å²) in [6, 6.07) is 22.1. The predicted molar refractivity (Wildman–Crippen MR) is 162 cm³/mol. The van der Waals surface area contributed by atoms with Gasteiger partial charge in [-0.25, -0.2) is 8.42 Å². The molecule has 42 heavy (non-hydrogen) atoms. The molecule has 1 aliphatic carbocycles. The van der Waals surface area contributed by atoms with Crippen LogP contribution < -0.4 is 20.1 Å². The van der Waals surface area contributed by atoms with E-state index in [0.717, 1.165) is 36.8 Å². The van der Waals surface area contributed by atoms with Crippen molar-refractivity contribution in [3.63, 3.8) is 0 Å². The number of hydrogen-bond acceptors (Lipinski definition) is 7. The van der Waals surface area contributed by atoms with Crippen molar-refractivity contribution in [2.24, 2.45) is 0 Å². The summed E-state index contributed by atoms with van der Waals surface area (Å²) in [6.45, 7) is 4.07. The van der Waals surface area contributed by atoms with Crippen molar-refractivity contribution in [1.82, 2.24) is 15.8 Å². The van der Waals surface area contributed by atoms with Crippen molar-refractivity contribution in [1.29, 1.82) is 0 Å². The van der Waals surface area contributed by atoms with E-state index in [2.05, 4.69) is 20.5 Å². The predicted octanol–water partition coefficient (Wildman–Crippen LogP) is 5.49. The number of ether oxygens (including phenoxy) is 1. The molecule has 3 N–H and O–H groups in total. The maximum absolute atomic E-state index is 13.6. The number of aryl methyl sites for hydroxylation is 1. The topological polar surface area (TPSA) is 123 Å². The Bertz CT molecular complexity index is 1660. The summed E-state index contributed by atoms with van der Waals surface area (Å²) in [5, 5.41) is 10.2. The molecule has 1 aliphatic rings. The third-order valence-corrected chi connectivity index (χ3v) is 9.36. The molecule has 0 aliphatic heterocycles. The van der Waals surface area contributed by atoms with Crippen LogP contribution in [0.4, 0.5) is 5.82 Å². The fraction of sp³-hybridized carbons (Fsp3) is 0.312. The van der Waals surface area contributed by atoms with Crippen LogP contribution in [-0.2, 0) is 28.0 Å². The molecule has 5 rings (SSSR count). The van der Waals surface area contributed by atoms with Gasteiger partial charge in [0.15, 0.2) is 5.82 Å². The van der Waals surface area contributed by atoms with Gasteiger partial charge >= 0.3 is 0 Å². The SMILES string of the molecule is CNC1(C(=O)NCc2ccc(-c3ccccc3S(=O)(=O)Nc3noc(C)c3C)c(OCc3ccccc3)c2)CCCC1. The minimum atomic E-state index is -4.03. The Morgan fingerprint density at radius 3 is 2.36 bits per heavy atom. The molecule has 220 valence electrons. The van der Waals surface area contributed by atoms with Gasteiger partial charge in [0.25, 0.3) is 10.0 Å². The normalized spacial score (nSPS) is 14.5. The fourth-order valence-electron chi connectivity index (χ4n) is 5.29. The number of benzene rings is 3. The minimum Gasteiger partial charge on any atom is -0.488 e. The largest absolute Gasteiger partial charge is 0.488 e. The van der Waals surface area contributed by atoms with Crippen LogP contribution in [0.1, 0.15) is 48.1 Å². The van der Waals surface area contributed by atoms with Crippen molar-refractivity contribution in [3.8, 4) is 16.9 Å². The lowest BCUT2D eigenvalue weighted by Gasteiger charge is -2.27. The van der Waals surface area contributed by atoms with Gasteiger partial charge in [-0.2, -0.15) is 0 Å². The molecule has 4 aromatic rings. The van der Waals surface area contributed by atoms with Crippen LogP contribution in [-0.4, -0.2) is 32.1 Å². The van der Waals surface area contributed by atoms with Crippen molar-refractivity contribution in [3.05, 3.63) is 95.2 Å². The molecule has 9 nitrogen and oxygen atoms in total. The van der Waals surface area contributed by atoms with Gasteiger partial charge in [0.1, 0.15) is 18.1 Å². The van der Waals surface area contributed by atoms with Gasteiger partial charge in [0, 0.05) is 23.2 Å². The number of carbonyl (C=O) groups is 1. The molecule has 3 aromatic carbocycles. The number of anilines is 1. The number of nitrogens with one attached hydrogen (secondary N) is 3. The van der Waals surface area contributed by atoms with Gasteiger partial charge in [-0.3, -0.25) is 9.52 Å². The van der Waals surface area contributed by atoms with Crippen molar-refractivity contribution in [2.75, 3.05) is 11.8 Å². The number of likely N-dealkylation sites (N-methyl/N-ethyl adjacent to an activating group) is 1. The number of rotatable bonds is 11. The molecule has 1 aromatic heterocycles. The first-order valence-corrected chi connectivity index (χ1v) is 15.5. The van der Waals surface area contributed by atoms with Crippen molar-refractivity contribution in [2.45, 2.75) is 63.1 Å². The first-order chi connectivity index (χ1) is 20.2.